The molecule has 82 valence electrons. The van der Waals surface area contributed by atoms with Gasteiger partial charge in [-0.05, 0) is 31.0 Å². The van der Waals surface area contributed by atoms with Gasteiger partial charge in [-0.3, -0.25) is 0 Å². The summed E-state index contributed by atoms with van der Waals surface area (Å²) in [6.45, 7) is 1.66. The Morgan fingerprint density at radius 1 is 1.53 bits per heavy atom. The zero-order chi connectivity index (χ0) is 11.4. The minimum atomic E-state index is -0.583. The molecule has 0 aliphatic carbocycles. The molecular formula is C11H14O4. The molecular weight excluding hydrogens is 196 g/mol. The third-order valence-corrected chi connectivity index (χ3v) is 2.00. The second-order valence-corrected chi connectivity index (χ2v) is 3.40. The van der Waals surface area contributed by atoms with Crippen LogP contribution in [0.15, 0.2) is 18.2 Å². The summed E-state index contributed by atoms with van der Waals surface area (Å²) in [6, 6.07) is 4.60. The van der Waals surface area contributed by atoms with Crippen LogP contribution in [0.5, 0.6) is 5.75 Å². The normalized spacial score (nSPS) is 12.2. The Hall–Kier alpha value is -1.55. The Morgan fingerprint density at radius 3 is 2.73 bits per heavy atom. The summed E-state index contributed by atoms with van der Waals surface area (Å²) < 4.78 is 4.52. The van der Waals surface area contributed by atoms with Crippen LogP contribution in [0.25, 0.3) is 0 Å². The van der Waals surface area contributed by atoms with E-state index in [0.29, 0.717) is 6.42 Å². The van der Waals surface area contributed by atoms with Crippen molar-refractivity contribution in [3.05, 3.63) is 29.3 Å². The highest BCUT2D eigenvalue weighted by atomic mass is 16.5. The number of aliphatic hydroxyl groups is 1. The highest BCUT2D eigenvalue weighted by Gasteiger charge is 2.12. The highest BCUT2D eigenvalue weighted by Crippen LogP contribution is 2.20. The van der Waals surface area contributed by atoms with Crippen LogP contribution in [0.4, 0.5) is 0 Å². The number of rotatable bonds is 3. The van der Waals surface area contributed by atoms with E-state index in [1.54, 1.807) is 13.0 Å². The fourth-order valence-corrected chi connectivity index (χ4v) is 1.32. The number of carbonyl (C=O) groups is 1. The first kappa shape index (κ1) is 11.5. The highest BCUT2D eigenvalue weighted by molar-refractivity contribution is 5.92. The quantitative estimate of drug-likeness (QED) is 0.733. The van der Waals surface area contributed by atoms with Crippen molar-refractivity contribution in [2.75, 3.05) is 7.11 Å². The number of phenols is 1. The molecule has 4 heteroatoms. The Labute approximate surface area is 88.1 Å². The van der Waals surface area contributed by atoms with Crippen molar-refractivity contribution in [3.63, 3.8) is 0 Å². The number of ether oxygens (including phenoxy) is 1. The summed E-state index contributed by atoms with van der Waals surface area (Å²) in [4.78, 5) is 11.2. The van der Waals surface area contributed by atoms with Crippen LogP contribution in [-0.4, -0.2) is 29.4 Å². The van der Waals surface area contributed by atoms with E-state index in [4.69, 9.17) is 0 Å². The molecule has 0 bridgehead atoms. The monoisotopic (exact) mass is 210 g/mol. The molecule has 2 N–H and O–H groups in total. The molecule has 1 unspecified atom stereocenters. The first-order chi connectivity index (χ1) is 7.04. The fourth-order valence-electron chi connectivity index (χ4n) is 1.32. The molecule has 0 saturated heterocycles. The largest absolute Gasteiger partial charge is 0.507 e. The standard InChI is InChI=1S/C11H14O4/c1-7(12)5-8-3-4-10(13)9(6-8)11(14)15-2/h3-4,6-7,12-13H,5H2,1-2H3. The van der Waals surface area contributed by atoms with Gasteiger partial charge in [0.25, 0.3) is 0 Å². The van der Waals surface area contributed by atoms with Crippen LogP contribution in [0.2, 0.25) is 0 Å². The molecule has 1 atom stereocenters. The third-order valence-electron chi connectivity index (χ3n) is 2.00. The molecule has 0 fully saturated rings. The van der Waals surface area contributed by atoms with Crippen LogP contribution in [0.1, 0.15) is 22.8 Å². The van der Waals surface area contributed by atoms with Crippen molar-refractivity contribution in [3.8, 4) is 5.75 Å². The Kier molecular flexibility index (Phi) is 3.68. The lowest BCUT2D eigenvalue weighted by atomic mass is 10.0. The number of aliphatic hydroxyl groups excluding tert-OH is 1. The zero-order valence-electron chi connectivity index (χ0n) is 8.73. The van der Waals surface area contributed by atoms with Gasteiger partial charge in [-0.25, -0.2) is 4.79 Å². The molecule has 0 saturated carbocycles. The van der Waals surface area contributed by atoms with Crippen LogP contribution >= 0.6 is 0 Å². The van der Waals surface area contributed by atoms with Crippen molar-refractivity contribution >= 4 is 5.97 Å². The maximum atomic E-state index is 11.2. The molecule has 0 spiro atoms. The zero-order valence-corrected chi connectivity index (χ0v) is 8.73. The third kappa shape index (κ3) is 2.95. The van der Waals surface area contributed by atoms with Gasteiger partial charge in [-0.2, -0.15) is 0 Å². The lowest BCUT2D eigenvalue weighted by molar-refractivity contribution is 0.0597. The molecule has 1 rings (SSSR count). The van der Waals surface area contributed by atoms with Crippen molar-refractivity contribution in [1.29, 1.82) is 0 Å². The van der Waals surface area contributed by atoms with Gasteiger partial charge in [0.1, 0.15) is 11.3 Å². The fraction of sp³-hybridized carbons (Fsp3) is 0.364. The van der Waals surface area contributed by atoms with E-state index >= 15 is 0 Å². The van der Waals surface area contributed by atoms with Crippen molar-refractivity contribution in [2.24, 2.45) is 0 Å². The summed E-state index contributed by atoms with van der Waals surface area (Å²) in [5.74, 6) is -0.698. The number of benzene rings is 1. The van der Waals surface area contributed by atoms with Gasteiger partial charge in [-0.15, -0.1) is 0 Å². The van der Waals surface area contributed by atoms with Crippen molar-refractivity contribution in [2.45, 2.75) is 19.4 Å². The first-order valence-corrected chi connectivity index (χ1v) is 4.63. The Balaban J connectivity index is 3.00. The summed E-state index contributed by atoms with van der Waals surface area (Å²) in [5, 5.41) is 18.6. The summed E-state index contributed by atoms with van der Waals surface area (Å²) in [5.41, 5.74) is 0.902. The molecule has 0 heterocycles. The van der Waals surface area contributed by atoms with Gasteiger partial charge >= 0.3 is 5.97 Å². The summed E-state index contributed by atoms with van der Waals surface area (Å²) in [6.07, 6.45) is -0.0513. The van der Waals surface area contributed by atoms with Gasteiger partial charge in [0, 0.05) is 0 Å². The number of hydrogen-bond acceptors (Lipinski definition) is 4. The van der Waals surface area contributed by atoms with E-state index < -0.39 is 12.1 Å². The summed E-state index contributed by atoms with van der Waals surface area (Å²) >= 11 is 0. The molecule has 4 nitrogen and oxygen atoms in total. The smallest absolute Gasteiger partial charge is 0.341 e. The number of esters is 1. The van der Waals surface area contributed by atoms with Gasteiger partial charge in [-0.1, -0.05) is 6.07 Å². The topological polar surface area (TPSA) is 66.8 Å². The Bertz CT molecular complexity index is 358. The van der Waals surface area contributed by atoms with Crippen molar-refractivity contribution in [1.82, 2.24) is 0 Å². The van der Waals surface area contributed by atoms with Gasteiger partial charge in [0.05, 0.1) is 13.2 Å². The second kappa shape index (κ2) is 4.79. The van der Waals surface area contributed by atoms with Gasteiger partial charge in [0.2, 0.25) is 0 Å². The lowest BCUT2D eigenvalue weighted by Gasteiger charge is -2.07. The minimum absolute atomic E-state index is 0.115. The van der Waals surface area contributed by atoms with Gasteiger partial charge in [0.15, 0.2) is 0 Å². The number of hydrogen-bond donors (Lipinski definition) is 2. The molecule has 1 aromatic carbocycles. The number of carbonyl (C=O) groups excluding carboxylic acids is 1. The first-order valence-electron chi connectivity index (χ1n) is 4.63. The maximum Gasteiger partial charge on any atom is 0.341 e. The van der Waals surface area contributed by atoms with Crippen molar-refractivity contribution < 1.29 is 19.7 Å². The van der Waals surface area contributed by atoms with E-state index in [9.17, 15) is 15.0 Å². The van der Waals surface area contributed by atoms with E-state index in [1.807, 2.05) is 0 Å². The van der Waals surface area contributed by atoms with Crippen LogP contribution < -0.4 is 0 Å². The molecule has 0 aliphatic rings. The lowest BCUT2D eigenvalue weighted by Crippen LogP contribution is -2.07. The Morgan fingerprint density at radius 2 is 2.20 bits per heavy atom. The summed E-state index contributed by atoms with van der Waals surface area (Å²) in [7, 11) is 1.25. The van der Waals surface area contributed by atoms with E-state index in [0.717, 1.165) is 5.56 Å². The molecule has 15 heavy (non-hydrogen) atoms. The van der Waals surface area contributed by atoms with Crippen LogP contribution in [-0.2, 0) is 11.2 Å². The van der Waals surface area contributed by atoms with E-state index in [2.05, 4.69) is 4.74 Å². The average Bonchev–Trinajstić information content (AvgIpc) is 2.19. The van der Waals surface area contributed by atoms with E-state index in [-0.39, 0.29) is 11.3 Å². The van der Waals surface area contributed by atoms with Gasteiger partial charge < -0.3 is 14.9 Å². The molecule has 0 radical (unpaired) electrons. The molecule has 0 aliphatic heterocycles. The van der Waals surface area contributed by atoms with E-state index in [1.165, 1.54) is 19.2 Å². The van der Waals surface area contributed by atoms with Crippen LogP contribution in [0.3, 0.4) is 0 Å². The van der Waals surface area contributed by atoms with Crippen LogP contribution in [0, 0.1) is 0 Å². The number of phenolic OH excluding ortho intramolecular Hbond substituents is 1. The average molecular weight is 210 g/mol. The number of methoxy groups -OCH3 is 1. The molecule has 1 aromatic rings. The minimum Gasteiger partial charge on any atom is -0.507 e. The predicted octanol–water partition coefficient (Wildman–Crippen LogP) is 1.10. The molecule has 0 amide bonds. The maximum absolute atomic E-state index is 11.2. The number of aromatic hydroxyl groups is 1. The second-order valence-electron chi connectivity index (χ2n) is 3.40. The SMILES string of the molecule is COC(=O)c1cc(CC(C)O)ccc1O. The molecule has 0 aromatic heterocycles. The predicted molar refractivity (Wildman–Crippen MR) is 54.8 cm³/mol.